The summed E-state index contributed by atoms with van der Waals surface area (Å²) in [5, 5.41) is 20.7. The van der Waals surface area contributed by atoms with Crippen LogP contribution >= 0.6 is 0 Å². The van der Waals surface area contributed by atoms with Gasteiger partial charge >= 0.3 is 0 Å². The average molecular weight is 306 g/mol. The maximum absolute atomic E-state index is 13.1. The maximum Gasteiger partial charge on any atom is 0.159 e. The predicted molar refractivity (Wildman–Crippen MR) is 78.9 cm³/mol. The summed E-state index contributed by atoms with van der Waals surface area (Å²) in [7, 11) is 0. The summed E-state index contributed by atoms with van der Waals surface area (Å²) in [6, 6.07) is 5.39. The van der Waals surface area contributed by atoms with Gasteiger partial charge in [-0.2, -0.15) is 0 Å². The summed E-state index contributed by atoms with van der Waals surface area (Å²) in [5.74, 6) is -2.99. The predicted octanol–water partition coefficient (Wildman–Crippen LogP) is 2.67. The third kappa shape index (κ3) is 2.81. The normalized spacial score (nSPS) is 28.6. The maximum atomic E-state index is 13.1. The summed E-state index contributed by atoms with van der Waals surface area (Å²) >= 11 is 0. The molecule has 0 spiro atoms. The average Bonchev–Trinajstić information content (AvgIpc) is 2.36. The lowest BCUT2D eigenvalue weighted by Gasteiger charge is -2.41. The molecule has 0 aromatic heterocycles. The monoisotopic (exact) mass is 306 g/mol. The van der Waals surface area contributed by atoms with Crippen LogP contribution in [-0.4, -0.2) is 27.4 Å². The van der Waals surface area contributed by atoms with Crippen LogP contribution in [-0.2, 0) is 9.59 Å². The Labute approximate surface area is 128 Å². The Morgan fingerprint density at radius 2 is 1.77 bits per heavy atom. The molecule has 0 fully saturated rings. The molecule has 0 aliphatic heterocycles. The molecule has 2 rings (SSSR count). The van der Waals surface area contributed by atoms with Crippen molar-refractivity contribution in [3.63, 3.8) is 0 Å². The van der Waals surface area contributed by atoms with Crippen LogP contribution in [0.15, 0.2) is 35.6 Å². The van der Waals surface area contributed by atoms with E-state index >= 15 is 0 Å². The summed E-state index contributed by atoms with van der Waals surface area (Å²) in [5.41, 5.74) is -0.856. The van der Waals surface area contributed by atoms with Crippen LogP contribution in [0.2, 0.25) is 0 Å². The van der Waals surface area contributed by atoms with Crippen molar-refractivity contribution in [1.29, 1.82) is 0 Å². The second-order valence-electron chi connectivity index (χ2n) is 6.07. The second kappa shape index (κ2) is 5.65. The molecule has 2 N–H and O–H groups in total. The molecule has 0 radical (unpaired) electrons. The zero-order valence-electron chi connectivity index (χ0n) is 12.8. The first kappa shape index (κ1) is 16.4. The van der Waals surface area contributed by atoms with E-state index in [1.165, 1.54) is 45.0 Å². The molecule has 3 atom stereocenters. The number of aliphatic hydroxyl groups is 2. The highest BCUT2D eigenvalue weighted by atomic mass is 19.1. The minimum atomic E-state index is -1.48. The van der Waals surface area contributed by atoms with E-state index in [1.807, 2.05) is 0 Å². The van der Waals surface area contributed by atoms with Gasteiger partial charge in [-0.3, -0.25) is 9.59 Å². The molecule has 0 saturated carbocycles. The molecule has 0 heterocycles. The number of halogens is 1. The number of rotatable bonds is 3. The molecule has 0 saturated heterocycles. The zero-order chi connectivity index (χ0) is 16.7. The lowest BCUT2D eigenvalue weighted by atomic mass is 9.64. The fourth-order valence-corrected chi connectivity index (χ4v) is 3.37. The van der Waals surface area contributed by atoms with E-state index in [-0.39, 0.29) is 29.3 Å². The van der Waals surface area contributed by atoms with E-state index < -0.39 is 23.3 Å². The van der Waals surface area contributed by atoms with Crippen molar-refractivity contribution in [2.45, 2.75) is 38.7 Å². The highest BCUT2D eigenvalue weighted by Gasteiger charge is 2.49. The van der Waals surface area contributed by atoms with Crippen molar-refractivity contribution >= 4 is 11.6 Å². The Hall–Kier alpha value is -2.01. The van der Waals surface area contributed by atoms with Crippen LogP contribution in [0.1, 0.15) is 38.7 Å². The largest absolute Gasteiger partial charge is 0.512 e. The van der Waals surface area contributed by atoms with Gasteiger partial charge in [-0.1, -0.05) is 12.1 Å². The van der Waals surface area contributed by atoms with E-state index in [2.05, 4.69) is 0 Å². The topological polar surface area (TPSA) is 74.6 Å². The van der Waals surface area contributed by atoms with Gasteiger partial charge in [-0.05, 0) is 38.5 Å². The molecule has 0 unspecified atom stereocenters. The van der Waals surface area contributed by atoms with Crippen LogP contribution in [0.25, 0.3) is 0 Å². The van der Waals surface area contributed by atoms with Crippen molar-refractivity contribution in [3.8, 4) is 0 Å². The molecule has 4 nitrogen and oxygen atoms in total. The van der Waals surface area contributed by atoms with Gasteiger partial charge in [0.25, 0.3) is 0 Å². The number of Topliss-reactive ketones (excluding diaryl/α,β-unsaturated/α-hetero) is 2. The van der Waals surface area contributed by atoms with E-state index in [4.69, 9.17) is 0 Å². The van der Waals surface area contributed by atoms with E-state index in [9.17, 15) is 24.2 Å². The van der Waals surface area contributed by atoms with Crippen molar-refractivity contribution in [2.24, 2.45) is 5.92 Å². The molecule has 5 heteroatoms. The fourth-order valence-electron chi connectivity index (χ4n) is 3.37. The van der Waals surface area contributed by atoms with Gasteiger partial charge in [0, 0.05) is 17.9 Å². The Morgan fingerprint density at radius 3 is 2.23 bits per heavy atom. The van der Waals surface area contributed by atoms with Gasteiger partial charge in [-0.15, -0.1) is 0 Å². The van der Waals surface area contributed by atoms with Crippen molar-refractivity contribution in [2.75, 3.05) is 0 Å². The third-order valence-corrected chi connectivity index (χ3v) is 4.20. The molecular formula is C17H19FO4. The minimum Gasteiger partial charge on any atom is -0.512 e. The Balaban J connectivity index is 2.69. The number of carbonyl (C=O) groups excluding carboxylic acids is 2. The number of hydrogen-bond donors (Lipinski definition) is 2. The Morgan fingerprint density at radius 1 is 1.23 bits per heavy atom. The molecule has 1 aliphatic rings. The highest BCUT2D eigenvalue weighted by molar-refractivity contribution is 5.97. The second-order valence-corrected chi connectivity index (χ2v) is 6.07. The first-order valence-electron chi connectivity index (χ1n) is 7.06. The minimum absolute atomic E-state index is 0.110. The summed E-state index contributed by atoms with van der Waals surface area (Å²) in [4.78, 5) is 24.0. The smallest absolute Gasteiger partial charge is 0.159 e. The van der Waals surface area contributed by atoms with Crippen molar-refractivity contribution < 1.29 is 24.2 Å². The quantitative estimate of drug-likeness (QED) is 0.900. The number of carbonyl (C=O) groups is 2. The van der Waals surface area contributed by atoms with E-state index in [1.54, 1.807) is 0 Å². The van der Waals surface area contributed by atoms with Crippen LogP contribution in [0.3, 0.4) is 0 Å². The molecule has 1 aromatic carbocycles. The van der Waals surface area contributed by atoms with Crippen LogP contribution < -0.4 is 0 Å². The molecule has 118 valence electrons. The van der Waals surface area contributed by atoms with Crippen molar-refractivity contribution in [1.82, 2.24) is 0 Å². The van der Waals surface area contributed by atoms with Crippen LogP contribution in [0.4, 0.5) is 4.39 Å². The SMILES string of the molecule is CC(=O)C1=C(O)C[C@](C)(O)[C@@H](C(C)=O)[C@H]1c1ccc(F)cc1. The van der Waals surface area contributed by atoms with Gasteiger partial charge in [0.05, 0.1) is 11.5 Å². The summed E-state index contributed by atoms with van der Waals surface area (Å²) < 4.78 is 13.1. The number of benzene rings is 1. The molecule has 0 bridgehead atoms. The fraction of sp³-hybridized carbons (Fsp3) is 0.412. The molecule has 22 heavy (non-hydrogen) atoms. The Bertz CT molecular complexity index is 643. The molecule has 0 amide bonds. The number of aliphatic hydroxyl groups excluding tert-OH is 1. The number of hydrogen-bond acceptors (Lipinski definition) is 4. The van der Waals surface area contributed by atoms with Crippen LogP contribution in [0.5, 0.6) is 0 Å². The van der Waals surface area contributed by atoms with Gasteiger partial charge in [-0.25, -0.2) is 4.39 Å². The van der Waals surface area contributed by atoms with Gasteiger partial charge in [0.2, 0.25) is 0 Å². The van der Waals surface area contributed by atoms with Gasteiger partial charge < -0.3 is 10.2 Å². The first-order chi connectivity index (χ1) is 10.1. The highest BCUT2D eigenvalue weighted by Crippen LogP contribution is 2.46. The molecule has 1 aromatic rings. The standard InChI is InChI=1S/C17H19FO4/c1-9(19)14-13(21)8-17(3,22)16(10(2)20)15(14)11-4-6-12(18)7-5-11/h4-7,15-16,21-22H,8H2,1-3H3/t15-,16-,17-/m0/s1. The number of allylic oxidation sites excluding steroid dienone is 1. The van der Waals surface area contributed by atoms with Gasteiger partial charge in [0.1, 0.15) is 17.4 Å². The van der Waals surface area contributed by atoms with Gasteiger partial charge in [0.15, 0.2) is 5.78 Å². The zero-order valence-corrected chi connectivity index (χ0v) is 12.8. The first-order valence-corrected chi connectivity index (χ1v) is 7.06. The lowest BCUT2D eigenvalue weighted by Crippen LogP contribution is -2.47. The van der Waals surface area contributed by atoms with E-state index in [0.29, 0.717) is 5.56 Å². The molecule has 1 aliphatic carbocycles. The third-order valence-electron chi connectivity index (χ3n) is 4.20. The summed E-state index contributed by atoms with van der Waals surface area (Å²) in [6.07, 6.45) is -0.163. The molecular weight excluding hydrogens is 287 g/mol. The van der Waals surface area contributed by atoms with Crippen molar-refractivity contribution in [3.05, 3.63) is 47.0 Å². The summed E-state index contributed by atoms with van der Waals surface area (Å²) in [6.45, 7) is 4.11. The number of ketones is 2. The Kier molecular flexibility index (Phi) is 4.20. The lowest BCUT2D eigenvalue weighted by molar-refractivity contribution is -0.132. The van der Waals surface area contributed by atoms with Crippen LogP contribution in [0, 0.1) is 11.7 Å². The van der Waals surface area contributed by atoms with E-state index in [0.717, 1.165) is 0 Å².